The van der Waals surface area contributed by atoms with Crippen LogP contribution in [0.3, 0.4) is 0 Å². The molecule has 1 aromatic rings. The SMILES string of the molecule is C=CCCC(=O)NC[C@H](OC(=O)[C@@H]1[C@@H]2CC[C@]3(O2)[C@H](C(=O)N(CC=C)C(C)CCC)N(CCCCO)C(=O)[C@@H]13)c1ccccc1. The largest absolute Gasteiger partial charge is 0.455 e. The number of unbranched alkanes of at least 4 members (excludes halogenated alkanes) is 1. The molecule has 0 aromatic heterocycles. The van der Waals surface area contributed by atoms with E-state index in [0.717, 1.165) is 18.4 Å². The molecule has 45 heavy (non-hydrogen) atoms. The number of hydrogen-bond donors (Lipinski definition) is 2. The van der Waals surface area contributed by atoms with Crippen LogP contribution in [0, 0.1) is 11.8 Å². The van der Waals surface area contributed by atoms with Gasteiger partial charge in [0.05, 0.1) is 24.5 Å². The van der Waals surface area contributed by atoms with Crippen molar-refractivity contribution in [3.63, 3.8) is 0 Å². The standard InChI is InChI=1S/C35H49N3O7/c1-5-8-17-28(40)36-23-27(25-15-10-9-11-16-25)44-34(43)29-26-18-19-35(45-26)30(29)32(41)38(21-12-13-22-39)31(35)33(42)37(20-7-3)24(4)14-6-2/h5,7,9-11,15-16,24,26-27,29-31,39H,1,3,6,8,12-14,17-23H2,2,4H3,(H,36,40)/t24?,26-,27-,29+,30+,31-,35+/m0/s1. The second-order valence-corrected chi connectivity index (χ2v) is 12.4. The highest BCUT2D eigenvalue weighted by molar-refractivity contribution is 5.98. The van der Waals surface area contributed by atoms with Crippen LogP contribution in [0.5, 0.6) is 0 Å². The molecular formula is C35H49N3O7. The van der Waals surface area contributed by atoms with E-state index in [0.29, 0.717) is 38.6 Å². The van der Waals surface area contributed by atoms with Gasteiger partial charge in [-0.05, 0) is 51.0 Å². The number of fused-ring (bicyclic) bond motifs is 1. The summed E-state index contributed by atoms with van der Waals surface area (Å²) in [5.74, 6) is -2.98. The Bertz CT molecular complexity index is 1220. The van der Waals surface area contributed by atoms with E-state index in [9.17, 15) is 24.3 Å². The summed E-state index contributed by atoms with van der Waals surface area (Å²) >= 11 is 0. The van der Waals surface area contributed by atoms with Gasteiger partial charge in [-0.3, -0.25) is 19.2 Å². The lowest BCUT2D eigenvalue weighted by molar-refractivity contribution is -0.160. The summed E-state index contributed by atoms with van der Waals surface area (Å²) in [6, 6.07) is 8.23. The summed E-state index contributed by atoms with van der Waals surface area (Å²) in [7, 11) is 0. The number of esters is 1. The van der Waals surface area contributed by atoms with Gasteiger partial charge in [0.1, 0.15) is 17.7 Å². The molecule has 10 nitrogen and oxygen atoms in total. The molecule has 3 saturated heterocycles. The number of aliphatic hydroxyl groups is 1. The van der Waals surface area contributed by atoms with E-state index in [4.69, 9.17) is 9.47 Å². The average molecular weight is 624 g/mol. The molecule has 1 spiro atoms. The molecule has 10 heteroatoms. The number of rotatable bonds is 18. The highest BCUT2D eigenvalue weighted by Crippen LogP contribution is 2.59. The molecule has 3 fully saturated rings. The van der Waals surface area contributed by atoms with Crippen molar-refractivity contribution in [2.75, 3.05) is 26.2 Å². The number of hydrogen-bond acceptors (Lipinski definition) is 7. The number of allylic oxidation sites excluding steroid dienone is 1. The first-order chi connectivity index (χ1) is 21.7. The van der Waals surface area contributed by atoms with Gasteiger partial charge in [-0.15, -0.1) is 13.2 Å². The molecule has 3 aliphatic rings. The van der Waals surface area contributed by atoms with Crippen LogP contribution in [-0.4, -0.2) is 88.6 Å². The van der Waals surface area contributed by atoms with Gasteiger partial charge in [-0.1, -0.05) is 55.8 Å². The van der Waals surface area contributed by atoms with E-state index >= 15 is 0 Å². The third kappa shape index (κ3) is 7.17. The van der Waals surface area contributed by atoms with E-state index in [1.54, 1.807) is 22.0 Å². The smallest absolute Gasteiger partial charge is 0.313 e. The molecule has 1 unspecified atom stereocenters. The average Bonchev–Trinajstić information content (AvgIpc) is 3.68. The van der Waals surface area contributed by atoms with E-state index in [-0.39, 0.29) is 49.9 Å². The van der Waals surface area contributed by atoms with E-state index in [1.165, 1.54) is 0 Å². The molecule has 2 N–H and O–H groups in total. The zero-order valence-electron chi connectivity index (χ0n) is 26.7. The molecule has 4 rings (SSSR count). The molecule has 1 aromatic carbocycles. The maximum absolute atomic E-state index is 14.4. The van der Waals surface area contributed by atoms with Gasteiger partial charge in [0, 0.05) is 32.2 Å². The second-order valence-electron chi connectivity index (χ2n) is 12.4. The Balaban J connectivity index is 1.63. The number of nitrogens with one attached hydrogen (secondary N) is 1. The van der Waals surface area contributed by atoms with Crippen molar-refractivity contribution in [3.8, 4) is 0 Å². The minimum atomic E-state index is -1.14. The van der Waals surface area contributed by atoms with Crippen molar-refractivity contribution in [2.45, 2.75) is 95.1 Å². The van der Waals surface area contributed by atoms with Crippen LogP contribution < -0.4 is 5.32 Å². The summed E-state index contributed by atoms with van der Waals surface area (Å²) in [6.45, 7) is 12.2. The fraction of sp³-hybridized carbons (Fsp3) is 0.600. The van der Waals surface area contributed by atoms with Crippen LogP contribution in [0.15, 0.2) is 55.6 Å². The lowest BCUT2D eigenvalue weighted by Gasteiger charge is -2.39. The highest BCUT2D eigenvalue weighted by Gasteiger charge is 2.75. The third-order valence-corrected chi connectivity index (χ3v) is 9.45. The summed E-state index contributed by atoms with van der Waals surface area (Å²) < 4.78 is 12.7. The molecule has 0 radical (unpaired) electrons. The maximum atomic E-state index is 14.4. The van der Waals surface area contributed by atoms with Crippen LogP contribution in [0.25, 0.3) is 0 Å². The molecule has 246 valence electrons. The Kier molecular flexibility index (Phi) is 12.0. The highest BCUT2D eigenvalue weighted by atomic mass is 16.6. The minimum Gasteiger partial charge on any atom is -0.455 e. The zero-order valence-corrected chi connectivity index (χ0v) is 26.7. The van der Waals surface area contributed by atoms with Crippen LogP contribution >= 0.6 is 0 Å². The van der Waals surface area contributed by atoms with Gasteiger partial charge in [0.2, 0.25) is 17.7 Å². The van der Waals surface area contributed by atoms with Crippen molar-refractivity contribution in [1.29, 1.82) is 0 Å². The Morgan fingerprint density at radius 2 is 1.98 bits per heavy atom. The maximum Gasteiger partial charge on any atom is 0.313 e. The number of nitrogens with zero attached hydrogens (tertiary/aromatic N) is 2. The Labute approximate surface area is 266 Å². The van der Waals surface area contributed by atoms with Crippen LogP contribution in [0.1, 0.15) is 76.9 Å². The first-order valence-electron chi connectivity index (χ1n) is 16.4. The minimum absolute atomic E-state index is 0.0239. The molecular weight excluding hydrogens is 574 g/mol. The summed E-state index contributed by atoms with van der Waals surface area (Å²) in [6.07, 6.45) is 6.54. The van der Waals surface area contributed by atoms with Gasteiger partial charge in [0.25, 0.3) is 0 Å². The van der Waals surface area contributed by atoms with Gasteiger partial charge in [-0.2, -0.15) is 0 Å². The number of amides is 3. The van der Waals surface area contributed by atoms with Gasteiger partial charge in [-0.25, -0.2) is 0 Å². The number of benzene rings is 1. The van der Waals surface area contributed by atoms with Crippen molar-refractivity contribution >= 4 is 23.7 Å². The number of carbonyl (C=O) groups excluding carboxylic acids is 4. The molecule has 2 bridgehead atoms. The fourth-order valence-electron chi connectivity index (χ4n) is 7.33. The van der Waals surface area contributed by atoms with E-state index in [1.807, 2.05) is 37.3 Å². The van der Waals surface area contributed by atoms with E-state index in [2.05, 4.69) is 25.4 Å². The number of carbonyl (C=O) groups is 4. The number of likely N-dealkylation sites (tertiary alicyclic amines) is 1. The molecule has 3 amide bonds. The summed E-state index contributed by atoms with van der Waals surface area (Å²) in [5, 5.41) is 12.3. The third-order valence-electron chi connectivity index (χ3n) is 9.45. The first kappa shape index (κ1) is 34.4. The number of ether oxygens (including phenoxy) is 2. The molecule has 3 heterocycles. The summed E-state index contributed by atoms with van der Waals surface area (Å²) in [4.78, 5) is 58.5. The molecule has 0 aliphatic carbocycles. The quantitative estimate of drug-likeness (QED) is 0.145. The fourth-order valence-corrected chi connectivity index (χ4v) is 7.33. The summed E-state index contributed by atoms with van der Waals surface area (Å²) in [5.41, 5.74) is -0.427. The van der Waals surface area contributed by atoms with Crippen LogP contribution in [0.4, 0.5) is 0 Å². The lowest BCUT2D eigenvalue weighted by Crippen LogP contribution is -2.57. The molecule has 7 atom stereocenters. The Morgan fingerprint density at radius 3 is 2.64 bits per heavy atom. The predicted octanol–water partition coefficient (Wildman–Crippen LogP) is 3.70. The normalized spacial score (nSPS) is 26.2. The monoisotopic (exact) mass is 623 g/mol. The first-order valence-corrected chi connectivity index (χ1v) is 16.4. The second kappa shape index (κ2) is 15.7. The van der Waals surface area contributed by atoms with Crippen LogP contribution in [0.2, 0.25) is 0 Å². The van der Waals surface area contributed by atoms with Crippen molar-refractivity contribution in [2.24, 2.45) is 11.8 Å². The van der Waals surface area contributed by atoms with Gasteiger partial charge < -0.3 is 29.7 Å². The van der Waals surface area contributed by atoms with Gasteiger partial charge in [0.15, 0.2) is 0 Å². The Hall–Kier alpha value is -3.50. The predicted molar refractivity (Wildman–Crippen MR) is 170 cm³/mol. The Morgan fingerprint density at radius 1 is 1.22 bits per heavy atom. The topological polar surface area (TPSA) is 125 Å². The molecule has 0 saturated carbocycles. The van der Waals surface area contributed by atoms with Crippen molar-refractivity contribution < 1.29 is 33.8 Å². The molecule has 3 aliphatic heterocycles. The van der Waals surface area contributed by atoms with Crippen LogP contribution in [-0.2, 0) is 28.7 Å². The zero-order chi connectivity index (χ0) is 32.6. The number of aliphatic hydroxyl groups excluding tert-OH is 1. The van der Waals surface area contributed by atoms with E-state index < -0.39 is 41.7 Å². The van der Waals surface area contributed by atoms with Crippen molar-refractivity contribution in [1.82, 2.24) is 15.1 Å². The van der Waals surface area contributed by atoms with Gasteiger partial charge >= 0.3 is 5.97 Å². The lowest BCUT2D eigenvalue weighted by atomic mass is 9.70. The van der Waals surface area contributed by atoms with Crippen molar-refractivity contribution in [3.05, 3.63) is 61.2 Å².